The lowest BCUT2D eigenvalue weighted by Gasteiger charge is -2.13. The predicted octanol–water partition coefficient (Wildman–Crippen LogP) is 5.80. The number of carbonyl (C=O) groups is 1. The maximum Gasteiger partial charge on any atom is 0.352 e. The normalized spacial score (nSPS) is 11.1. The Balaban J connectivity index is 1.73. The Labute approximate surface area is 207 Å². The largest absolute Gasteiger partial charge is 0.497 e. The summed E-state index contributed by atoms with van der Waals surface area (Å²) in [5.74, 6) is -0.0750. The molecule has 0 radical (unpaired) electrons. The van der Waals surface area contributed by atoms with E-state index >= 15 is 0 Å². The van der Waals surface area contributed by atoms with E-state index in [2.05, 4.69) is 5.32 Å². The number of halogens is 2. The van der Waals surface area contributed by atoms with Crippen molar-refractivity contribution in [2.75, 3.05) is 14.2 Å². The molecule has 0 fully saturated rings. The number of aryl methyl sites for hydroxylation is 1. The second-order valence-corrected chi connectivity index (χ2v) is 8.66. The highest BCUT2D eigenvalue weighted by atomic mass is 35.5. The molecule has 0 unspecified atom stereocenters. The summed E-state index contributed by atoms with van der Waals surface area (Å²) in [5.41, 5.74) is 4.12. The van der Waals surface area contributed by atoms with Gasteiger partial charge in [-0.15, -0.1) is 0 Å². The van der Waals surface area contributed by atoms with Crippen molar-refractivity contribution in [3.8, 4) is 11.5 Å². The Hall–Kier alpha value is -3.55. The van der Waals surface area contributed by atoms with Crippen LogP contribution in [0.3, 0.4) is 0 Å². The van der Waals surface area contributed by atoms with Gasteiger partial charge in [-0.1, -0.05) is 29.8 Å². The number of methoxy groups -OCH3 is 2. The summed E-state index contributed by atoms with van der Waals surface area (Å²) in [6, 6.07) is 15.5. The van der Waals surface area contributed by atoms with Gasteiger partial charge >= 0.3 is 5.97 Å². The maximum atomic E-state index is 13.6. The van der Waals surface area contributed by atoms with E-state index in [1.807, 2.05) is 43.3 Å². The molecule has 0 spiro atoms. The van der Waals surface area contributed by atoms with Crippen molar-refractivity contribution in [2.24, 2.45) is 0 Å². The molecule has 0 saturated carbocycles. The lowest BCUT2D eigenvalue weighted by Crippen LogP contribution is -2.17. The summed E-state index contributed by atoms with van der Waals surface area (Å²) in [7, 11) is 3.20. The van der Waals surface area contributed by atoms with E-state index in [-0.39, 0.29) is 17.3 Å². The molecule has 182 valence electrons. The molecule has 0 atom stereocenters. The maximum absolute atomic E-state index is 13.6. The van der Waals surface area contributed by atoms with Gasteiger partial charge in [0.1, 0.15) is 23.0 Å². The highest BCUT2D eigenvalue weighted by molar-refractivity contribution is 6.31. The molecule has 6 nitrogen and oxygen atoms in total. The minimum atomic E-state index is -1.05. The van der Waals surface area contributed by atoms with E-state index in [1.165, 1.54) is 12.1 Å². The number of fused-ring (bicyclic) bond motifs is 1. The Bertz CT molecular complexity index is 1400. The van der Waals surface area contributed by atoms with Crippen LogP contribution < -0.4 is 14.8 Å². The Morgan fingerprint density at radius 2 is 1.83 bits per heavy atom. The first kappa shape index (κ1) is 24.6. The quantitative estimate of drug-likeness (QED) is 0.306. The molecular formula is C27H26ClFN2O4. The summed E-state index contributed by atoms with van der Waals surface area (Å²) >= 11 is 6.27. The molecule has 2 N–H and O–H groups in total. The molecule has 0 aliphatic rings. The molecule has 4 rings (SSSR count). The molecule has 0 aliphatic heterocycles. The molecule has 4 aromatic rings. The van der Waals surface area contributed by atoms with Crippen molar-refractivity contribution < 1.29 is 23.8 Å². The van der Waals surface area contributed by atoms with Crippen LogP contribution >= 0.6 is 11.6 Å². The van der Waals surface area contributed by atoms with Crippen LogP contribution in [0, 0.1) is 12.7 Å². The molecule has 1 aromatic heterocycles. The van der Waals surface area contributed by atoms with Gasteiger partial charge < -0.3 is 24.5 Å². The Morgan fingerprint density at radius 3 is 2.51 bits per heavy atom. The lowest BCUT2D eigenvalue weighted by atomic mass is 10.1. The molecule has 0 aliphatic carbocycles. The SMILES string of the molecule is COc1ccc(OC)c(CNCc2c(C(=O)O)n(Cc3ccc(F)cc3Cl)c3cc(C)ccc23)c1. The summed E-state index contributed by atoms with van der Waals surface area (Å²) in [5, 5.41) is 14.6. The standard InChI is InChI=1S/C27H26ClFN2O4/c1-16-4-8-21-22(14-30-13-18-11-20(34-2)7-9-25(18)35-3)26(27(32)33)31(24(21)10-16)15-17-5-6-19(29)12-23(17)28/h4-12,30H,13-15H2,1-3H3,(H,32,33). The third kappa shape index (κ3) is 5.11. The molecule has 0 saturated heterocycles. The fourth-order valence-corrected chi connectivity index (χ4v) is 4.51. The van der Waals surface area contributed by atoms with Gasteiger partial charge in [0.05, 0.1) is 14.2 Å². The van der Waals surface area contributed by atoms with Crippen molar-refractivity contribution in [3.05, 3.63) is 93.4 Å². The van der Waals surface area contributed by atoms with Crippen LogP contribution in [0.15, 0.2) is 54.6 Å². The smallest absolute Gasteiger partial charge is 0.352 e. The first-order valence-electron chi connectivity index (χ1n) is 11.0. The Kier molecular flexibility index (Phi) is 7.28. The minimum absolute atomic E-state index is 0.163. The van der Waals surface area contributed by atoms with Crippen molar-refractivity contribution in [3.63, 3.8) is 0 Å². The number of benzene rings is 3. The number of hydrogen-bond acceptors (Lipinski definition) is 4. The van der Waals surface area contributed by atoms with Gasteiger partial charge in [0.25, 0.3) is 0 Å². The van der Waals surface area contributed by atoms with Gasteiger partial charge in [-0.25, -0.2) is 9.18 Å². The van der Waals surface area contributed by atoms with Gasteiger partial charge in [-0.2, -0.15) is 0 Å². The first-order valence-corrected chi connectivity index (χ1v) is 11.4. The monoisotopic (exact) mass is 496 g/mol. The number of nitrogens with zero attached hydrogens (tertiary/aromatic N) is 1. The van der Waals surface area contributed by atoms with Crippen molar-refractivity contribution in [1.29, 1.82) is 0 Å². The van der Waals surface area contributed by atoms with Gasteiger partial charge in [0.2, 0.25) is 0 Å². The Morgan fingerprint density at radius 1 is 1.03 bits per heavy atom. The van der Waals surface area contributed by atoms with Gasteiger partial charge in [0.15, 0.2) is 0 Å². The number of nitrogens with one attached hydrogen (secondary N) is 1. The van der Waals surface area contributed by atoms with Crippen LogP contribution in [0.5, 0.6) is 11.5 Å². The molecule has 35 heavy (non-hydrogen) atoms. The van der Waals surface area contributed by atoms with Crippen LogP contribution in [0.1, 0.15) is 32.7 Å². The molecule has 0 bridgehead atoms. The fourth-order valence-electron chi connectivity index (χ4n) is 4.28. The van der Waals surface area contributed by atoms with Crippen LogP contribution in [-0.2, 0) is 19.6 Å². The molecule has 0 amide bonds. The zero-order valence-electron chi connectivity index (χ0n) is 19.7. The molecular weight excluding hydrogens is 471 g/mol. The number of rotatable bonds is 9. The molecule has 3 aromatic carbocycles. The van der Waals surface area contributed by atoms with Crippen molar-refractivity contribution >= 4 is 28.5 Å². The second kappa shape index (κ2) is 10.4. The van der Waals surface area contributed by atoms with E-state index in [9.17, 15) is 14.3 Å². The van der Waals surface area contributed by atoms with Crippen LogP contribution in [0.4, 0.5) is 4.39 Å². The topological polar surface area (TPSA) is 72.7 Å². The van der Waals surface area contributed by atoms with E-state index in [1.54, 1.807) is 24.9 Å². The van der Waals surface area contributed by atoms with E-state index in [0.717, 1.165) is 22.0 Å². The summed E-state index contributed by atoms with van der Waals surface area (Å²) in [6.45, 7) is 2.91. The fraction of sp³-hybridized carbons (Fsp3) is 0.222. The van der Waals surface area contributed by atoms with Crippen molar-refractivity contribution in [2.45, 2.75) is 26.6 Å². The highest BCUT2D eigenvalue weighted by Crippen LogP contribution is 2.30. The van der Waals surface area contributed by atoms with Gasteiger partial charge in [-0.3, -0.25) is 0 Å². The van der Waals surface area contributed by atoms with E-state index in [0.29, 0.717) is 35.7 Å². The average Bonchev–Trinajstić information content (AvgIpc) is 3.13. The molecule has 1 heterocycles. The third-order valence-corrected chi connectivity index (χ3v) is 6.33. The second-order valence-electron chi connectivity index (χ2n) is 8.26. The number of aromatic carboxylic acids is 1. The summed E-state index contributed by atoms with van der Waals surface area (Å²) in [4.78, 5) is 12.5. The van der Waals surface area contributed by atoms with Gasteiger partial charge in [-0.05, 0) is 54.4 Å². The van der Waals surface area contributed by atoms with Gasteiger partial charge in [0, 0.05) is 46.7 Å². The predicted molar refractivity (Wildman–Crippen MR) is 134 cm³/mol. The van der Waals surface area contributed by atoms with Crippen LogP contribution in [0.25, 0.3) is 10.9 Å². The first-order chi connectivity index (χ1) is 16.8. The highest BCUT2D eigenvalue weighted by Gasteiger charge is 2.23. The zero-order valence-corrected chi connectivity index (χ0v) is 20.4. The average molecular weight is 497 g/mol. The van der Waals surface area contributed by atoms with Crippen LogP contribution in [0.2, 0.25) is 5.02 Å². The minimum Gasteiger partial charge on any atom is -0.497 e. The number of aromatic nitrogens is 1. The number of carboxylic acid groups (broad SMARTS) is 1. The summed E-state index contributed by atoms with van der Waals surface area (Å²) in [6.07, 6.45) is 0. The number of ether oxygens (including phenoxy) is 2. The van der Waals surface area contributed by atoms with E-state index < -0.39 is 11.8 Å². The van der Waals surface area contributed by atoms with E-state index in [4.69, 9.17) is 21.1 Å². The molecule has 8 heteroatoms. The zero-order chi connectivity index (χ0) is 25.1. The number of carboxylic acids is 1. The third-order valence-electron chi connectivity index (χ3n) is 5.98. The number of hydrogen-bond donors (Lipinski definition) is 2. The van der Waals surface area contributed by atoms with Crippen molar-refractivity contribution in [1.82, 2.24) is 9.88 Å². The lowest BCUT2D eigenvalue weighted by molar-refractivity contribution is 0.0684. The van der Waals surface area contributed by atoms with Crippen LogP contribution in [-0.4, -0.2) is 29.9 Å². The summed E-state index contributed by atoms with van der Waals surface area (Å²) < 4.78 is 26.1.